The Bertz CT molecular complexity index is 441. The number of hydrogen-bond acceptors (Lipinski definition) is 2. The van der Waals surface area contributed by atoms with Gasteiger partial charge in [-0.05, 0) is 12.5 Å². The molecule has 18 heavy (non-hydrogen) atoms. The van der Waals surface area contributed by atoms with E-state index in [2.05, 4.69) is 5.32 Å². The van der Waals surface area contributed by atoms with Crippen LogP contribution < -0.4 is 5.32 Å². The van der Waals surface area contributed by atoms with Gasteiger partial charge in [-0.2, -0.15) is 0 Å². The van der Waals surface area contributed by atoms with E-state index in [1.54, 1.807) is 0 Å². The number of nitrogens with zero attached hydrogens (tertiary/aromatic N) is 1. The van der Waals surface area contributed by atoms with Crippen LogP contribution in [0, 0.1) is 6.92 Å². The molecule has 1 saturated heterocycles. The maximum atomic E-state index is 11.9. The number of carbonyl (C=O) groups excluding carboxylic acids is 2. The lowest BCUT2D eigenvalue weighted by Gasteiger charge is -2.31. The number of urea groups is 1. The van der Waals surface area contributed by atoms with E-state index in [1.807, 2.05) is 31.2 Å². The fourth-order valence-corrected chi connectivity index (χ4v) is 2.16. The fraction of sp³-hybridized carbons (Fsp3) is 0.385. The third-order valence-corrected chi connectivity index (χ3v) is 3.18. The molecule has 0 radical (unpaired) electrons. The van der Waals surface area contributed by atoms with Gasteiger partial charge in [-0.1, -0.05) is 29.8 Å². The molecule has 1 atom stereocenters. The molecule has 0 aromatic heterocycles. The normalized spacial score (nSPS) is 19.9. The van der Waals surface area contributed by atoms with Gasteiger partial charge in [-0.3, -0.25) is 9.69 Å². The summed E-state index contributed by atoms with van der Waals surface area (Å²) in [6, 6.07) is 7.21. The monoisotopic (exact) mass is 266 g/mol. The lowest BCUT2D eigenvalue weighted by molar-refractivity contribution is -0.130. The maximum Gasteiger partial charge on any atom is 0.324 e. The number of amides is 3. The Morgan fingerprint density at radius 3 is 2.56 bits per heavy atom. The smallest absolute Gasteiger partial charge is 0.324 e. The van der Waals surface area contributed by atoms with E-state index < -0.39 is 0 Å². The molecule has 1 unspecified atom stereocenters. The van der Waals surface area contributed by atoms with Gasteiger partial charge in [0, 0.05) is 12.4 Å². The first-order valence-electron chi connectivity index (χ1n) is 5.85. The van der Waals surface area contributed by atoms with Crippen LogP contribution in [0.4, 0.5) is 4.79 Å². The van der Waals surface area contributed by atoms with Crippen LogP contribution in [-0.2, 0) is 4.79 Å². The van der Waals surface area contributed by atoms with Crippen molar-refractivity contribution in [1.29, 1.82) is 0 Å². The molecule has 0 aliphatic carbocycles. The number of nitrogens with one attached hydrogen (secondary N) is 1. The van der Waals surface area contributed by atoms with Crippen LogP contribution in [0.15, 0.2) is 24.3 Å². The Kier molecular flexibility index (Phi) is 3.87. The van der Waals surface area contributed by atoms with Gasteiger partial charge in [-0.15, -0.1) is 11.6 Å². The van der Waals surface area contributed by atoms with Gasteiger partial charge >= 0.3 is 6.03 Å². The summed E-state index contributed by atoms with van der Waals surface area (Å²) in [5, 5.41) is 2.82. The van der Waals surface area contributed by atoms with Crippen molar-refractivity contribution in [2.75, 3.05) is 12.4 Å². The standard InChI is InChI=1S/C13H15ClN2O2/c1-9-2-4-10(5-3-9)11-8-12(17)16(7-6-14)13(18)15-11/h2-5,11H,6-8H2,1H3,(H,15,18). The molecular formula is C13H15ClN2O2. The molecule has 2 rings (SSSR count). The van der Waals surface area contributed by atoms with Crippen molar-refractivity contribution in [2.45, 2.75) is 19.4 Å². The Labute approximate surface area is 111 Å². The van der Waals surface area contributed by atoms with Crippen LogP contribution in [0.3, 0.4) is 0 Å². The predicted molar refractivity (Wildman–Crippen MR) is 69.5 cm³/mol. The van der Waals surface area contributed by atoms with Crippen LogP contribution in [0.25, 0.3) is 0 Å². The maximum absolute atomic E-state index is 11.9. The average Bonchev–Trinajstić information content (AvgIpc) is 2.34. The number of alkyl halides is 1. The number of halogens is 1. The minimum Gasteiger partial charge on any atom is -0.330 e. The summed E-state index contributed by atoms with van der Waals surface area (Å²) in [5.74, 6) is 0.0823. The number of benzene rings is 1. The van der Waals surface area contributed by atoms with E-state index in [0.717, 1.165) is 16.0 Å². The molecular weight excluding hydrogens is 252 g/mol. The molecule has 1 heterocycles. The van der Waals surface area contributed by atoms with E-state index in [-0.39, 0.29) is 36.8 Å². The summed E-state index contributed by atoms with van der Waals surface area (Å²) in [6.07, 6.45) is 0.283. The summed E-state index contributed by atoms with van der Waals surface area (Å²) < 4.78 is 0. The second-order valence-electron chi connectivity index (χ2n) is 4.35. The first kappa shape index (κ1) is 12.9. The molecule has 1 aromatic rings. The number of imide groups is 1. The van der Waals surface area contributed by atoms with Gasteiger partial charge in [0.1, 0.15) is 0 Å². The Morgan fingerprint density at radius 2 is 2.00 bits per heavy atom. The van der Waals surface area contributed by atoms with Crippen molar-refractivity contribution in [2.24, 2.45) is 0 Å². The number of hydrogen-bond donors (Lipinski definition) is 1. The molecule has 1 N–H and O–H groups in total. The van der Waals surface area contributed by atoms with Crippen LogP contribution in [0.2, 0.25) is 0 Å². The third-order valence-electron chi connectivity index (χ3n) is 3.01. The summed E-state index contributed by atoms with van der Waals surface area (Å²) in [7, 11) is 0. The van der Waals surface area contributed by atoms with Crippen molar-refractivity contribution in [3.63, 3.8) is 0 Å². The van der Waals surface area contributed by atoms with Crippen molar-refractivity contribution in [3.05, 3.63) is 35.4 Å². The van der Waals surface area contributed by atoms with Gasteiger partial charge in [0.05, 0.1) is 12.5 Å². The molecule has 4 nitrogen and oxygen atoms in total. The topological polar surface area (TPSA) is 49.4 Å². The predicted octanol–water partition coefficient (Wildman–Crippen LogP) is 2.22. The minimum atomic E-state index is -0.363. The van der Waals surface area contributed by atoms with Gasteiger partial charge in [0.2, 0.25) is 5.91 Å². The molecule has 1 aliphatic rings. The summed E-state index contributed by atoms with van der Waals surface area (Å²) in [5.41, 5.74) is 2.10. The SMILES string of the molecule is Cc1ccc(C2CC(=O)N(CCCl)C(=O)N2)cc1. The number of carbonyl (C=O) groups is 2. The molecule has 96 valence electrons. The first-order valence-corrected chi connectivity index (χ1v) is 6.38. The van der Waals surface area contributed by atoms with Gasteiger partial charge in [-0.25, -0.2) is 4.79 Å². The zero-order valence-corrected chi connectivity index (χ0v) is 10.9. The second-order valence-corrected chi connectivity index (χ2v) is 4.73. The lowest BCUT2D eigenvalue weighted by atomic mass is 10.0. The Morgan fingerprint density at radius 1 is 1.33 bits per heavy atom. The molecule has 1 aromatic carbocycles. The molecule has 0 saturated carbocycles. The van der Waals surface area contributed by atoms with Gasteiger partial charge in [0.25, 0.3) is 0 Å². The van der Waals surface area contributed by atoms with Gasteiger partial charge in [0.15, 0.2) is 0 Å². The third kappa shape index (κ3) is 2.64. The van der Waals surface area contributed by atoms with E-state index in [1.165, 1.54) is 0 Å². The van der Waals surface area contributed by atoms with E-state index >= 15 is 0 Å². The van der Waals surface area contributed by atoms with Crippen LogP contribution >= 0.6 is 11.6 Å². The highest BCUT2D eigenvalue weighted by Gasteiger charge is 2.31. The highest BCUT2D eigenvalue weighted by molar-refractivity contribution is 6.18. The van der Waals surface area contributed by atoms with Crippen LogP contribution in [0.1, 0.15) is 23.6 Å². The zero-order valence-electron chi connectivity index (χ0n) is 10.1. The lowest BCUT2D eigenvalue weighted by Crippen LogP contribution is -2.51. The van der Waals surface area contributed by atoms with Crippen molar-refractivity contribution < 1.29 is 9.59 Å². The molecule has 0 bridgehead atoms. The van der Waals surface area contributed by atoms with Crippen molar-refractivity contribution in [1.82, 2.24) is 10.2 Å². The summed E-state index contributed by atoms with van der Waals surface area (Å²) in [4.78, 5) is 24.8. The second kappa shape index (κ2) is 5.40. The quantitative estimate of drug-likeness (QED) is 0.853. The Balaban J connectivity index is 2.12. The highest BCUT2D eigenvalue weighted by atomic mass is 35.5. The Hall–Kier alpha value is -1.55. The minimum absolute atomic E-state index is 0.176. The van der Waals surface area contributed by atoms with Gasteiger partial charge < -0.3 is 5.32 Å². The largest absolute Gasteiger partial charge is 0.330 e. The first-order chi connectivity index (χ1) is 8.61. The molecule has 1 fully saturated rings. The molecule has 1 aliphatic heterocycles. The number of rotatable bonds is 3. The summed E-state index contributed by atoms with van der Waals surface area (Å²) >= 11 is 5.56. The van der Waals surface area contributed by atoms with E-state index in [0.29, 0.717) is 0 Å². The molecule has 0 spiro atoms. The van der Waals surface area contributed by atoms with Crippen LogP contribution in [0.5, 0.6) is 0 Å². The van der Waals surface area contributed by atoms with Crippen molar-refractivity contribution >= 4 is 23.5 Å². The highest BCUT2D eigenvalue weighted by Crippen LogP contribution is 2.22. The van der Waals surface area contributed by atoms with E-state index in [9.17, 15) is 9.59 Å². The summed E-state index contributed by atoms with van der Waals surface area (Å²) in [6.45, 7) is 2.25. The van der Waals surface area contributed by atoms with Crippen LogP contribution in [-0.4, -0.2) is 29.3 Å². The fourth-order valence-electron chi connectivity index (χ4n) is 1.99. The molecule has 3 amide bonds. The van der Waals surface area contributed by atoms with E-state index in [4.69, 9.17) is 11.6 Å². The zero-order chi connectivity index (χ0) is 13.1. The average molecular weight is 267 g/mol. The molecule has 5 heteroatoms. The number of aryl methyl sites for hydroxylation is 1. The van der Waals surface area contributed by atoms with Crippen molar-refractivity contribution in [3.8, 4) is 0 Å².